The molecule has 0 aliphatic rings. The molecule has 0 fully saturated rings. The van der Waals surface area contributed by atoms with Gasteiger partial charge in [0.1, 0.15) is 0 Å². The molecule has 0 saturated carbocycles. The second-order valence-electron chi connectivity index (χ2n) is 4.57. The summed E-state index contributed by atoms with van der Waals surface area (Å²) in [7, 11) is 0. The van der Waals surface area contributed by atoms with Gasteiger partial charge in [0.2, 0.25) is 0 Å². The molecule has 0 aliphatic carbocycles. The maximum atomic E-state index is 10.5. The third-order valence-corrected chi connectivity index (χ3v) is 3.54. The number of halogens is 1. The first-order valence-corrected chi connectivity index (χ1v) is 6.62. The molecule has 0 aromatic heterocycles. The average molecular weight is 278 g/mol. The smallest absolute Gasteiger partial charge is 0.303 e. The van der Waals surface area contributed by atoms with Gasteiger partial charge in [-0.05, 0) is 29.9 Å². The van der Waals surface area contributed by atoms with Crippen molar-refractivity contribution in [1.82, 2.24) is 0 Å². The van der Waals surface area contributed by atoms with Crippen LogP contribution in [-0.2, 0) is 4.79 Å². The molecule has 0 aliphatic heterocycles. The molecule has 0 saturated heterocycles. The van der Waals surface area contributed by atoms with Crippen LogP contribution in [0, 0.1) is 0 Å². The standard InChI is InChI=1S/C15H16ClNO2/c16-13-9-8-12(10-4-1-2-5-11(10)13)14(17)6-3-7-15(18)19/h1-2,4-5,8-9,14H,3,6-7,17H2,(H,18,19). The van der Waals surface area contributed by atoms with Crippen molar-refractivity contribution in [2.45, 2.75) is 25.3 Å². The minimum Gasteiger partial charge on any atom is -0.481 e. The van der Waals surface area contributed by atoms with Crippen LogP contribution >= 0.6 is 11.6 Å². The number of benzene rings is 2. The van der Waals surface area contributed by atoms with E-state index in [0.717, 1.165) is 16.3 Å². The van der Waals surface area contributed by atoms with Crippen LogP contribution in [0.15, 0.2) is 36.4 Å². The first-order valence-electron chi connectivity index (χ1n) is 6.24. The van der Waals surface area contributed by atoms with Gasteiger partial charge < -0.3 is 10.8 Å². The summed E-state index contributed by atoms with van der Waals surface area (Å²) in [5.74, 6) is -0.784. The molecule has 100 valence electrons. The van der Waals surface area contributed by atoms with Crippen LogP contribution in [0.5, 0.6) is 0 Å². The minimum atomic E-state index is -0.784. The molecule has 0 spiro atoms. The molecular formula is C15H16ClNO2. The lowest BCUT2D eigenvalue weighted by Crippen LogP contribution is -2.11. The van der Waals surface area contributed by atoms with Crippen molar-refractivity contribution in [2.24, 2.45) is 5.73 Å². The number of rotatable bonds is 5. The molecule has 0 radical (unpaired) electrons. The lowest BCUT2D eigenvalue weighted by molar-refractivity contribution is -0.137. The van der Waals surface area contributed by atoms with Gasteiger partial charge in [0, 0.05) is 22.9 Å². The predicted molar refractivity (Wildman–Crippen MR) is 77.4 cm³/mol. The molecule has 2 aromatic carbocycles. The topological polar surface area (TPSA) is 63.3 Å². The SMILES string of the molecule is NC(CCCC(=O)O)c1ccc(Cl)c2ccccc12. The Morgan fingerprint density at radius 1 is 1.21 bits per heavy atom. The van der Waals surface area contributed by atoms with Crippen molar-refractivity contribution in [2.75, 3.05) is 0 Å². The Labute approximate surface area is 117 Å². The highest BCUT2D eigenvalue weighted by Crippen LogP contribution is 2.30. The molecule has 0 amide bonds. The van der Waals surface area contributed by atoms with E-state index in [1.807, 2.05) is 36.4 Å². The zero-order valence-corrected chi connectivity index (χ0v) is 11.2. The highest BCUT2D eigenvalue weighted by molar-refractivity contribution is 6.35. The molecule has 1 unspecified atom stereocenters. The Hall–Kier alpha value is -1.58. The summed E-state index contributed by atoms with van der Waals surface area (Å²) in [4.78, 5) is 10.5. The molecule has 0 heterocycles. The van der Waals surface area contributed by atoms with E-state index in [9.17, 15) is 4.79 Å². The number of nitrogens with two attached hydrogens (primary N) is 1. The molecule has 0 bridgehead atoms. The first-order chi connectivity index (χ1) is 9.09. The van der Waals surface area contributed by atoms with Crippen LogP contribution in [0.4, 0.5) is 0 Å². The number of carboxylic acid groups (broad SMARTS) is 1. The van der Waals surface area contributed by atoms with Gasteiger partial charge in [0.25, 0.3) is 0 Å². The largest absolute Gasteiger partial charge is 0.481 e. The number of hydrogen-bond acceptors (Lipinski definition) is 2. The fourth-order valence-corrected chi connectivity index (χ4v) is 2.47. The van der Waals surface area contributed by atoms with Gasteiger partial charge in [-0.3, -0.25) is 4.79 Å². The van der Waals surface area contributed by atoms with Crippen molar-refractivity contribution in [3.63, 3.8) is 0 Å². The van der Waals surface area contributed by atoms with Gasteiger partial charge >= 0.3 is 5.97 Å². The highest BCUT2D eigenvalue weighted by atomic mass is 35.5. The van der Waals surface area contributed by atoms with E-state index in [-0.39, 0.29) is 12.5 Å². The molecule has 3 nitrogen and oxygen atoms in total. The summed E-state index contributed by atoms with van der Waals surface area (Å²) >= 11 is 6.16. The molecule has 1 atom stereocenters. The summed E-state index contributed by atoms with van der Waals surface area (Å²) in [6.07, 6.45) is 1.38. The van der Waals surface area contributed by atoms with Crippen molar-refractivity contribution in [3.8, 4) is 0 Å². The Balaban J connectivity index is 2.24. The summed E-state index contributed by atoms with van der Waals surface area (Å²) < 4.78 is 0. The van der Waals surface area contributed by atoms with Gasteiger partial charge in [0.15, 0.2) is 0 Å². The normalized spacial score (nSPS) is 12.5. The fraction of sp³-hybridized carbons (Fsp3) is 0.267. The zero-order valence-electron chi connectivity index (χ0n) is 10.5. The van der Waals surface area contributed by atoms with Crippen molar-refractivity contribution < 1.29 is 9.90 Å². The number of hydrogen-bond donors (Lipinski definition) is 2. The van der Waals surface area contributed by atoms with Crippen molar-refractivity contribution in [1.29, 1.82) is 0 Å². The Bertz CT molecular complexity index is 598. The van der Waals surface area contributed by atoms with E-state index in [2.05, 4.69) is 0 Å². The maximum absolute atomic E-state index is 10.5. The van der Waals surface area contributed by atoms with Crippen LogP contribution in [0.1, 0.15) is 30.9 Å². The van der Waals surface area contributed by atoms with Gasteiger partial charge in [-0.2, -0.15) is 0 Å². The number of carbonyl (C=O) groups is 1. The van der Waals surface area contributed by atoms with Crippen molar-refractivity contribution in [3.05, 3.63) is 47.0 Å². The molecule has 4 heteroatoms. The lowest BCUT2D eigenvalue weighted by atomic mass is 9.96. The molecule has 19 heavy (non-hydrogen) atoms. The predicted octanol–water partition coefficient (Wildman–Crippen LogP) is 3.75. The number of carboxylic acids is 1. The van der Waals surface area contributed by atoms with Crippen molar-refractivity contribution >= 4 is 28.3 Å². The molecule has 2 aromatic rings. The second-order valence-corrected chi connectivity index (χ2v) is 4.98. The van der Waals surface area contributed by atoms with E-state index >= 15 is 0 Å². The van der Waals surface area contributed by atoms with Gasteiger partial charge in [0.05, 0.1) is 0 Å². The highest BCUT2D eigenvalue weighted by Gasteiger charge is 2.11. The van der Waals surface area contributed by atoms with Crippen LogP contribution in [0.25, 0.3) is 10.8 Å². The average Bonchev–Trinajstić information content (AvgIpc) is 2.39. The van der Waals surface area contributed by atoms with Gasteiger partial charge in [-0.1, -0.05) is 41.9 Å². The quantitative estimate of drug-likeness (QED) is 0.875. The third kappa shape index (κ3) is 3.25. The van der Waals surface area contributed by atoms with Crippen LogP contribution in [-0.4, -0.2) is 11.1 Å². The van der Waals surface area contributed by atoms with E-state index in [1.165, 1.54) is 0 Å². The summed E-state index contributed by atoms with van der Waals surface area (Å²) in [5, 5.41) is 11.4. The first kappa shape index (κ1) is 13.8. The van der Waals surface area contributed by atoms with Crippen LogP contribution < -0.4 is 5.73 Å². The monoisotopic (exact) mass is 277 g/mol. The van der Waals surface area contributed by atoms with E-state index < -0.39 is 5.97 Å². The second kappa shape index (κ2) is 6.04. The zero-order chi connectivity index (χ0) is 13.8. The minimum absolute atomic E-state index is 0.152. The summed E-state index contributed by atoms with van der Waals surface area (Å²) in [6, 6.07) is 11.5. The van der Waals surface area contributed by atoms with Crippen LogP contribution in [0.2, 0.25) is 5.02 Å². The Morgan fingerprint density at radius 2 is 1.89 bits per heavy atom. The number of fused-ring (bicyclic) bond motifs is 1. The van der Waals surface area contributed by atoms with Gasteiger partial charge in [-0.15, -0.1) is 0 Å². The summed E-state index contributed by atoms with van der Waals surface area (Å²) in [6.45, 7) is 0. The third-order valence-electron chi connectivity index (χ3n) is 3.21. The Morgan fingerprint density at radius 3 is 2.58 bits per heavy atom. The maximum Gasteiger partial charge on any atom is 0.303 e. The van der Waals surface area contributed by atoms with E-state index in [4.69, 9.17) is 22.4 Å². The molecule has 2 rings (SSSR count). The summed E-state index contributed by atoms with van der Waals surface area (Å²) in [5.41, 5.74) is 7.18. The Kier molecular flexibility index (Phi) is 4.40. The van der Waals surface area contributed by atoms with Gasteiger partial charge in [-0.25, -0.2) is 0 Å². The molecule has 3 N–H and O–H groups in total. The lowest BCUT2D eigenvalue weighted by Gasteiger charge is -2.15. The number of aliphatic carboxylic acids is 1. The fourth-order valence-electron chi connectivity index (χ4n) is 2.24. The van der Waals surface area contributed by atoms with Crippen LogP contribution in [0.3, 0.4) is 0 Å². The van der Waals surface area contributed by atoms with E-state index in [1.54, 1.807) is 0 Å². The van der Waals surface area contributed by atoms with E-state index in [0.29, 0.717) is 17.9 Å². The molecular weight excluding hydrogens is 262 g/mol.